The molecule has 0 spiro atoms. The average molecular weight is 457 g/mol. The molecular formula is C23H25FN4O3S. The number of amides is 2. The number of nitrogens with one attached hydrogen (secondary N) is 1. The molecule has 0 bridgehead atoms. The highest BCUT2D eigenvalue weighted by Gasteiger charge is 2.35. The highest BCUT2D eigenvalue weighted by molar-refractivity contribution is 7.10. The topological polar surface area (TPSA) is 66.2 Å². The molecule has 0 saturated carbocycles. The second kappa shape index (κ2) is 9.57. The quantitative estimate of drug-likeness (QED) is 0.661. The summed E-state index contributed by atoms with van der Waals surface area (Å²) in [5, 5.41) is 4.62. The van der Waals surface area contributed by atoms with E-state index in [0.717, 1.165) is 17.7 Å². The lowest BCUT2D eigenvalue weighted by Crippen LogP contribution is -2.35. The molecule has 2 amide bonds. The summed E-state index contributed by atoms with van der Waals surface area (Å²) in [7, 11) is 0. The van der Waals surface area contributed by atoms with Crippen LogP contribution in [0, 0.1) is 18.3 Å². The fraction of sp³-hybridized carbons (Fsp3) is 0.435. The summed E-state index contributed by atoms with van der Waals surface area (Å²) in [6.45, 7) is 10.8. The van der Waals surface area contributed by atoms with Gasteiger partial charge in [-0.05, 0) is 42.5 Å². The molecule has 0 radical (unpaired) electrons. The van der Waals surface area contributed by atoms with Crippen molar-refractivity contribution in [2.24, 2.45) is 5.92 Å². The molecule has 168 valence electrons. The number of nitrogens with zero attached hydrogens (tertiary/aromatic N) is 3. The van der Waals surface area contributed by atoms with E-state index in [0.29, 0.717) is 24.5 Å². The predicted octanol–water partition coefficient (Wildman–Crippen LogP) is 4.23. The normalized spacial score (nSPS) is 20.0. The Labute approximate surface area is 190 Å². The van der Waals surface area contributed by atoms with E-state index in [1.54, 1.807) is 23.5 Å². The Morgan fingerprint density at radius 2 is 2.16 bits per heavy atom. The molecule has 2 atom stereocenters. The molecule has 1 aromatic carbocycles. The van der Waals surface area contributed by atoms with Crippen LogP contribution < -0.4 is 15.1 Å². The highest BCUT2D eigenvalue weighted by Crippen LogP contribution is 2.38. The minimum Gasteiger partial charge on any atom is -0.442 e. The number of carbonyl (C=O) groups is 2. The van der Waals surface area contributed by atoms with E-state index in [-0.39, 0.29) is 36.8 Å². The van der Waals surface area contributed by atoms with Crippen molar-refractivity contribution in [2.75, 3.05) is 36.0 Å². The highest BCUT2D eigenvalue weighted by atomic mass is 32.1. The summed E-state index contributed by atoms with van der Waals surface area (Å²) < 4.78 is 20.2. The van der Waals surface area contributed by atoms with Gasteiger partial charge in [0.15, 0.2) is 0 Å². The third-order valence-electron chi connectivity index (χ3n) is 6.00. The first-order valence-corrected chi connectivity index (χ1v) is 11.5. The zero-order valence-corrected chi connectivity index (χ0v) is 18.6. The number of thiophene rings is 1. The van der Waals surface area contributed by atoms with Crippen molar-refractivity contribution < 1.29 is 18.7 Å². The van der Waals surface area contributed by atoms with Gasteiger partial charge in [-0.1, -0.05) is 6.07 Å². The Morgan fingerprint density at radius 1 is 1.38 bits per heavy atom. The maximum atomic E-state index is 15.0. The number of carbonyl (C=O) groups excluding carboxylic acids is 2. The molecule has 1 N–H and O–H groups in total. The van der Waals surface area contributed by atoms with Crippen molar-refractivity contribution in [3.63, 3.8) is 0 Å². The first kappa shape index (κ1) is 22.1. The molecule has 9 heteroatoms. The summed E-state index contributed by atoms with van der Waals surface area (Å²) in [4.78, 5) is 31.6. The fourth-order valence-corrected chi connectivity index (χ4v) is 5.19. The molecule has 4 rings (SSSR count). The molecule has 0 aliphatic carbocycles. The molecule has 2 saturated heterocycles. The summed E-state index contributed by atoms with van der Waals surface area (Å²) in [5.41, 5.74) is 0.937. The lowest BCUT2D eigenvalue weighted by Gasteiger charge is -2.34. The maximum absolute atomic E-state index is 15.0. The van der Waals surface area contributed by atoms with Crippen LogP contribution in [0.3, 0.4) is 0 Å². The molecule has 7 nitrogen and oxygen atoms in total. The van der Waals surface area contributed by atoms with Gasteiger partial charge in [-0.3, -0.25) is 9.69 Å². The molecule has 1 unspecified atom stereocenters. The predicted molar refractivity (Wildman–Crippen MR) is 121 cm³/mol. The van der Waals surface area contributed by atoms with Gasteiger partial charge in [0.25, 0.3) is 6.04 Å². The van der Waals surface area contributed by atoms with Crippen molar-refractivity contribution >= 4 is 34.7 Å². The van der Waals surface area contributed by atoms with Crippen molar-refractivity contribution in [1.29, 1.82) is 0 Å². The van der Waals surface area contributed by atoms with Crippen LogP contribution in [-0.4, -0.2) is 44.3 Å². The van der Waals surface area contributed by atoms with E-state index in [1.165, 1.54) is 17.9 Å². The molecular weight excluding hydrogens is 431 g/mol. The second-order valence-corrected chi connectivity index (χ2v) is 9.08. The third kappa shape index (κ3) is 4.70. The van der Waals surface area contributed by atoms with E-state index in [9.17, 15) is 14.0 Å². The minimum atomic E-state index is -0.549. The van der Waals surface area contributed by atoms with Crippen LogP contribution in [0.25, 0.3) is 4.85 Å². The molecule has 3 heterocycles. The molecule has 2 aliphatic heterocycles. The Kier molecular flexibility index (Phi) is 6.61. The van der Waals surface area contributed by atoms with Crippen molar-refractivity contribution in [2.45, 2.75) is 31.9 Å². The standard InChI is InChI=1S/C23H25FN4O3S/c1-15(29)26-13-18-14-28(23(30)31-18)17-5-6-20(19(24)12-17)27-9-7-16(8-10-27)22(25-2)21-4-3-11-32-21/h3-6,11-12,16,18,22H,7-10,13-14H2,1H3,(H,26,29)/t18-,22?/m0/s1. The SMILES string of the molecule is [C-]#[N+]C(c1cccs1)C1CCN(c2ccc(N3C[C@H](CNC(C)=O)OC3=O)cc2F)CC1. The first-order chi connectivity index (χ1) is 15.5. The summed E-state index contributed by atoms with van der Waals surface area (Å²) in [6, 6.07) is 8.64. The summed E-state index contributed by atoms with van der Waals surface area (Å²) in [6.07, 6.45) is 0.643. The number of piperidine rings is 1. The molecule has 2 aliphatic rings. The van der Waals surface area contributed by atoms with E-state index in [4.69, 9.17) is 11.3 Å². The molecule has 32 heavy (non-hydrogen) atoms. The van der Waals surface area contributed by atoms with E-state index >= 15 is 0 Å². The summed E-state index contributed by atoms with van der Waals surface area (Å²) >= 11 is 1.62. The van der Waals surface area contributed by atoms with Gasteiger partial charge in [0.2, 0.25) is 5.91 Å². The monoisotopic (exact) mass is 456 g/mol. The number of cyclic esters (lactones) is 1. The zero-order chi connectivity index (χ0) is 22.7. The number of rotatable bonds is 6. The van der Waals surface area contributed by atoms with Crippen LogP contribution in [0.2, 0.25) is 0 Å². The second-order valence-electron chi connectivity index (χ2n) is 8.10. The molecule has 2 fully saturated rings. The minimum absolute atomic E-state index is 0.129. The number of hydrogen-bond acceptors (Lipinski definition) is 5. The van der Waals surface area contributed by atoms with Crippen LogP contribution in [0.5, 0.6) is 0 Å². The van der Waals surface area contributed by atoms with Gasteiger partial charge in [0.1, 0.15) is 11.9 Å². The Hall–Kier alpha value is -3.12. The molecule has 1 aromatic heterocycles. The lowest BCUT2D eigenvalue weighted by atomic mass is 9.88. The van der Waals surface area contributed by atoms with Crippen molar-refractivity contribution in [3.05, 3.63) is 57.8 Å². The van der Waals surface area contributed by atoms with Crippen molar-refractivity contribution in [3.8, 4) is 0 Å². The van der Waals surface area contributed by atoms with E-state index < -0.39 is 12.2 Å². The van der Waals surface area contributed by atoms with Gasteiger partial charge in [-0.15, -0.1) is 11.3 Å². The maximum Gasteiger partial charge on any atom is 0.414 e. The Bertz CT molecular complexity index is 1010. The largest absolute Gasteiger partial charge is 0.442 e. The van der Waals surface area contributed by atoms with Crippen LogP contribution >= 0.6 is 11.3 Å². The zero-order valence-electron chi connectivity index (χ0n) is 17.8. The van der Waals surface area contributed by atoms with Gasteiger partial charge < -0.3 is 19.8 Å². The van der Waals surface area contributed by atoms with Gasteiger partial charge in [0, 0.05) is 25.9 Å². The lowest BCUT2D eigenvalue weighted by molar-refractivity contribution is -0.119. The Balaban J connectivity index is 1.39. The van der Waals surface area contributed by atoms with Gasteiger partial charge in [0.05, 0.1) is 29.3 Å². The molecule has 2 aromatic rings. The average Bonchev–Trinajstić information content (AvgIpc) is 3.43. The Morgan fingerprint density at radius 3 is 2.78 bits per heavy atom. The third-order valence-corrected chi connectivity index (χ3v) is 6.94. The number of halogens is 1. The van der Waals surface area contributed by atoms with E-state index in [2.05, 4.69) is 10.2 Å². The fourth-order valence-electron chi connectivity index (χ4n) is 4.33. The number of benzene rings is 1. The van der Waals surface area contributed by atoms with Gasteiger partial charge in [-0.25, -0.2) is 15.8 Å². The smallest absolute Gasteiger partial charge is 0.414 e. The number of ether oxygens (including phenoxy) is 1. The van der Waals surface area contributed by atoms with Gasteiger partial charge in [-0.2, -0.15) is 0 Å². The number of hydrogen-bond donors (Lipinski definition) is 1. The van der Waals surface area contributed by atoms with Crippen LogP contribution in [0.15, 0.2) is 35.7 Å². The van der Waals surface area contributed by atoms with Crippen LogP contribution in [-0.2, 0) is 9.53 Å². The van der Waals surface area contributed by atoms with Gasteiger partial charge >= 0.3 is 6.09 Å². The summed E-state index contributed by atoms with van der Waals surface area (Å²) in [5.74, 6) is -0.319. The van der Waals surface area contributed by atoms with Crippen LogP contribution in [0.4, 0.5) is 20.6 Å². The first-order valence-electron chi connectivity index (χ1n) is 10.6. The van der Waals surface area contributed by atoms with Crippen LogP contribution in [0.1, 0.15) is 30.7 Å². The van der Waals surface area contributed by atoms with Crippen molar-refractivity contribution in [1.82, 2.24) is 5.32 Å². The van der Waals surface area contributed by atoms with E-state index in [1.807, 2.05) is 22.4 Å². The number of anilines is 2.